The van der Waals surface area contributed by atoms with Crippen molar-refractivity contribution in [2.24, 2.45) is 5.84 Å². The van der Waals surface area contributed by atoms with Crippen LogP contribution in [-0.4, -0.2) is 10.9 Å². The summed E-state index contributed by atoms with van der Waals surface area (Å²) < 4.78 is 5.65. The van der Waals surface area contributed by atoms with Gasteiger partial charge in [-0.05, 0) is 24.1 Å². The molecule has 2 aromatic rings. The fraction of sp³-hybridized carbons (Fsp3) is 0.231. The van der Waals surface area contributed by atoms with Gasteiger partial charge in [0.2, 0.25) is 0 Å². The molecule has 1 aromatic carbocycles. The van der Waals surface area contributed by atoms with Crippen LogP contribution in [0.15, 0.2) is 30.5 Å². The number of hydrazine groups is 1. The van der Waals surface area contributed by atoms with Crippen LogP contribution >= 0.6 is 11.3 Å². The summed E-state index contributed by atoms with van der Waals surface area (Å²) >= 11 is 1.27. The van der Waals surface area contributed by atoms with Crippen LogP contribution in [0.4, 0.5) is 0 Å². The Labute approximate surface area is 115 Å². The number of carbonyl (C=O) groups excluding carboxylic acids is 1. The fourth-order valence-electron chi connectivity index (χ4n) is 1.55. The third kappa shape index (κ3) is 3.52. The smallest absolute Gasteiger partial charge is 0.276 e. The number of aromatic nitrogens is 1. The van der Waals surface area contributed by atoms with Gasteiger partial charge in [-0.25, -0.2) is 10.8 Å². The molecule has 19 heavy (non-hydrogen) atoms. The summed E-state index contributed by atoms with van der Waals surface area (Å²) in [5, 5.41) is 0.737. The number of hydrogen-bond acceptors (Lipinski definition) is 5. The van der Waals surface area contributed by atoms with Gasteiger partial charge in [0.1, 0.15) is 22.2 Å². The molecule has 0 bridgehead atoms. The van der Waals surface area contributed by atoms with Crippen LogP contribution in [0.1, 0.15) is 27.2 Å². The van der Waals surface area contributed by atoms with Gasteiger partial charge in [-0.2, -0.15) is 0 Å². The van der Waals surface area contributed by atoms with Crippen LogP contribution in [0.5, 0.6) is 5.75 Å². The first-order valence-corrected chi connectivity index (χ1v) is 6.72. The van der Waals surface area contributed by atoms with Gasteiger partial charge < -0.3 is 4.74 Å². The lowest BCUT2D eigenvalue weighted by Crippen LogP contribution is -2.29. The SMILES string of the molecule is CCc1cccc(OCc2ncc(C(=O)NN)s2)c1. The Bertz CT molecular complexity index is 569. The Kier molecular flexibility index (Phi) is 4.48. The first kappa shape index (κ1) is 13.5. The number of nitrogen functional groups attached to an aromatic ring is 1. The highest BCUT2D eigenvalue weighted by molar-refractivity contribution is 7.13. The van der Waals surface area contributed by atoms with Gasteiger partial charge in [0.25, 0.3) is 5.91 Å². The lowest BCUT2D eigenvalue weighted by atomic mass is 10.2. The van der Waals surface area contributed by atoms with Gasteiger partial charge in [0.15, 0.2) is 0 Å². The maximum absolute atomic E-state index is 11.3. The predicted molar refractivity (Wildman–Crippen MR) is 73.9 cm³/mol. The van der Waals surface area contributed by atoms with Crippen LogP contribution in [0.3, 0.4) is 0 Å². The van der Waals surface area contributed by atoms with Gasteiger partial charge in [-0.1, -0.05) is 19.1 Å². The molecule has 0 aliphatic rings. The van der Waals surface area contributed by atoms with E-state index >= 15 is 0 Å². The lowest BCUT2D eigenvalue weighted by molar-refractivity contribution is 0.0957. The van der Waals surface area contributed by atoms with Crippen molar-refractivity contribution in [2.75, 3.05) is 0 Å². The molecule has 0 spiro atoms. The van der Waals surface area contributed by atoms with Crippen molar-refractivity contribution in [3.05, 3.63) is 45.9 Å². The normalized spacial score (nSPS) is 10.2. The second kappa shape index (κ2) is 6.31. The van der Waals surface area contributed by atoms with E-state index in [1.165, 1.54) is 23.1 Å². The summed E-state index contributed by atoms with van der Waals surface area (Å²) in [6, 6.07) is 7.92. The molecule has 0 saturated heterocycles. The van der Waals surface area contributed by atoms with E-state index < -0.39 is 0 Å². The van der Waals surface area contributed by atoms with Crippen molar-refractivity contribution < 1.29 is 9.53 Å². The average molecular weight is 277 g/mol. The molecule has 0 atom stereocenters. The molecule has 0 aliphatic carbocycles. The first-order valence-electron chi connectivity index (χ1n) is 5.90. The number of benzene rings is 1. The van der Waals surface area contributed by atoms with Crippen molar-refractivity contribution >= 4 is 17.2 Å². The molecule has 0 fully saturated rings. The summed E-state index contributed by atoms with van der Waals surface area (Å²) in [5.41, 5.74) is 3.30. The van der Waals surface area contributed by atoms with Crippen molar-refractivity contribution in [2.45, 2.75) is 20.0 Å². The number of amides is 1. The van der Waals surface area contributed by atoms with Gasteiger partial charge in [0, 0.05) is 0 Å². The Morgan fingerprint density at radius 1 is 1.53 bits per heavy atom. The molecule has 1 amide bonds. The Balaban J connectivity index is 1.98. The predicted octanol–water partition coefficient (Wildman–Crippen LogP) is 1.89. The Morgan fingerprint density at radius 3 is 3.11 bits per heavy atom. The number of rotatable bonds is 5. The van der Waals surface area contributed by atoms with Gasteiger partial charge >= 0.3 is 0 Å². The molecule has 5 nitrogen and oxygen atoms in total. The minimum Gasteiger partial charge on any atom is -0.486 e. The molecule has 0 aliphatic heterocycles. The first-order chi connectivity index (χ1) is 9.22. The van der Waals surface area contributed by atoms with Crippen molar-refractivity contribution in [1.82, 2.24) is 10.4 Å². The molecule has 3 N–H and O–H groups in total. The van der Waals surface area contributed by atoms with Crippen LogP contribution < -0.4 is 16.0 Å². The van der Waals surface area contributed by atoms with Crippen LogP contribution in [0, 0.1) is 0 Å². The number of thiazole rings is 1. The summed E-state index contributed by atoms with van der Waals surface area (Å²) in [6.07, 6.45) is 2.46. The number of nitrogens with zero attached hydrogens (tertiary/aromatic N) is 1. The summed E-state index contributed by atoms with van der Waals surface area (Å²) in [7, 11) is 0. The topological polar surface area (TPSA) is 77.2 Å². The molecular formula is C13H15N3O2S. The van der Waals surface area contributed by atoms with E-state index in [2.05, 4.69) is 23.4 Å². The third-order valence-electron chi connectivity index (χ3n) is 2.58. The second-order valence-corrected chi connectivity index (χ2v) is 5.00. The minimum absolute atomic E-state index is 0.336. The zero-order valence-electron chi connectivity index (χ0n) is 10.6. The number of nitrogens with two attached hydrogens (primary N) is 1. The molecule has 2 rings (SSSR count). The fourth-order valence-corrected chi connectivity index (χ4v) is 2.29. The van der Waals surface area contributed by atoms with E-state index in [9.17, 15) is 4.79 Å². The van der Waals surface area contributed by atoms with Crippen LogP contribution in [0.2, 0.25) is 0 Å². The van der Waals surface area contributed by atoms with Gasteiger partial charge in [0.05, 0.1) is 6.20 Å². The monoisotopic (exact) mass is 277 g/mol. The van der Waals surface area contributed by atoms with E-state index in [0.717, 1.165) is 17.2 Å². The number of aryl methyl sites for hydroxylation is 1. The van der Waals surface area contributed by atoms with Gasteiger partial charge in [-0.3, -0.25) is 10.2 Å². The van der Waals surface area contributed by atoms with Crippen LogP contribution in [-0.2, 0) is 13.0 Å². The highest BCUT2D eigenvalue weighted by Crippen LogP contribution is 2.18. The van der Waals surface area contributed by atoms with Crippen molar-refractivity contribution in [3.63, 3.8) is 0 Å². The Hall–Kier alpha value is -1.92. The van der Waals surface area contributed by atoms with Crippen LogP contribution in [0.25, 0.3) is 0 Å². The minimum atomic E-state index is -0.336. The lowest BCUT2D eigenvalue weighted by Gasteiger charge is -2.05. The maximum atomic E-state index is 11.3. The highest BCUT2D eigenvalue weighted by Gasteiger charge is 2.09. The molecular weight excluding hydrogens is 262 g/mol. The van der Waals surface area contributed by atoms with E-state index in [0.29, 0.717) is 11.5 Å². The quantitative estimate of drug-likeness (QED) is 0.497. The largest absolute Gasteiger partial charge is 0.486 e. The molecule has 1 aromatic heterocycles. The van der Waals surface area contributed by atoms with E-state index in [4.69, 9.17) is 10.6 Å². The summed E-state index contributed by atoms with van der Waals surface area (Å²) in [4.78, 5) is 15.9. The molecule has 6 heteroatoms. The number of nitrogens with one attached hydrogen (secondary N) is 1. The maximum Gasteiger partial charge on any atom is 0.276 e. The standard InChI is InChI=1S/C13H15N3O2S/c1-2-9-4-3-5-10(6-9)18-8-12-15-7-11(19-12)13(17)16-14/h3-7H,2,8,14H2,1H3,(H,16,17). The van der Waals surface area contributed by atoms with Crippen molar-refractivity contribution in [1.29, 1.82) is 0 Å². The molecule has 0 saturated carbocycles. The van der Waals surface area contributed by atoms with Gasteiger partial charge in [-0.15, -0.1) is 11.3 Å². The summed E-state index contributed by atoms with van der Waals surface area (Å²) in [5.74, 6) is 5.53. The zero-order chi connectivity index (χ0) is 13.7. The number of ether oxygens (including phenoxy) is 1. The summed E-state index contributed by atoms with van der Waals surface area (Å²) in [6.45, 7) is 2.44. The third-order valence-corrected chi connectivity index (χ3v) is 3.55. The average Bonchev–Trinajstić information content (AvgIpc) is 2.93. The molecule has 0 unspecified atom stereocenters. The molecule has 100 valence electrons. The van der Waals surface area contributed by atoms with Crippen molar-refractivity contribution in [3.8, 4) is 5.75 Å². The van der Waals surface area contributed by atoms with E-state index in [1.807, 2.05) is 18.2 Å². The molecule has 0 radical (unpaired) electrons. The second-order valence-electron chi connectivity index (χ2n) is 3.88. The highest BCUT2D eigenvalue weighted by atomic mass is 32.1. The zero-order valence-corrected chi connectivity index (χ0v) is 11.4. The molecule has 1 heterocycles. The number of carbonyl (C=O) groups is 1. The van der Waals surface area contributed by atoms with E-state index in [1.54, 1.807) is 0 Å². The van der Waals surface area contributed by atoms with E-state index in [-0.39, 0.29) is 5.91 Å². The number of hydrogen-bond donors (Lipinski definition) is 2. The Morgan fingerprint density at radius 2 is 2.37 bits per heavy atom.